The fourth-order valence-corrected chi connectivity index (χ4v) is 3.45. The number of carbonyl (C=O) groups excluding carboxylic acids is 2. The molecule has 0 fully saturated rings. The molecule has 0 amide bonds. The third-order valence-corrected chi connectivity index (χ3v) is 5.04. The van der Waals surface area contributed by atoms with E-state index in [1.807, 2.05) is 19.1 Å². The van der Waals surface area contributed by atoms with Crippen LogP contribution in [0.15, 0.2) is 47.3 Å². The van der Waals surface area contributed by atoms with E-state index in [1.165, 1.54) is 0 Å². The predicted octanol–water partition coefficient (Wildman–Crippen LogP) is 3.08. The minimum absolute atomic E-state index is 0.0830. The molecule has 0 saturated carbocycles. The van der Waals surface area contributed by atoms with Gasteiger partial charge in [-0.25, -0.2) is 9.78 Å². The Balaban J connectivity index is 1.57. The zero-order valence-electron chi connectivity index (χ0n) is 15.8. The molecule has 6 heteroatoms. The molecule has 3 aromatic rings. The number of ether oxygens (including phenoxy) is 1. The number of aryl methyl sites for hydroxylation is 2. The molecule has 142 valence electrons. The topological polar surface area (TPSA) is 78.3 Å². The summed E-state index contributed by atoms with van der Waals surface area (Å²) in [6.07, 6.45) is 0.734. The first-order chi connectivity index (χ1) is 13.4. The van der Waals surface area contributed by atoms with Crippen molar-refractivity contribution >= 4 is 22.7 Å². The van der Waals surface area contributed by atoms with Gasteiger partial charge in [-0.15, -0.1) is 0 Å². The number of ketones is 1. The quantitative estimate of drug-likeness (QED) is 0.516. The summed E-state index contributed by atoms with van der Waals surface area (Å²) in [4.78, 5) is 42.0. The van der Waals surface area contributed by atoms with E-state index in [-0.39, 0.29) is 16.9 Å². The van der Waals surface area contributed by atoms with Crippen molar-refractivity contribution in [3.63, 3.8) is 0 Å². The van der Waals surface area contributed by atoms with Gasteiger partial charge in [-0.3, -0.25) is 14.2 Å². The predicted molar refractivity (Wildman–Crippen MR) is 105 cm³/mol. The molecule has 1 aromatic heterocycles. The summed E-state index contributed by atoms with van der Waals surface area (Å²) in [6, 6.07) is 11.8. The first kappa shape index (κ1) is 18.1. The maximum Gasteiger partial charge on any atom is 0.338 e. The van der Waals surface area contributed by atoms with Crippen molar-refractivity contribution in [2.45, 2.75) is 39.3 Å². The third kappa shape index (κ3) is 3.22. The fraction of sp³-hybridized carbons (Fsp3) is 0.273. The molecule has 1 atom stereocenters. The molecule has 0 saturated heterocycles. The van der Waals surface area contributed by atoms with Gasteiger partial charge in [0.25, 0.3) is 5.56 Å². The highest BCUT2D eigenvalue weighted by Crippen LogP contribution is 2.17. The third-order valence-electron chi connectivity index (χ3n) is 5.04. The van der Waals surface area contributed by atoms with Gasteiger partial charge in [0.05, 0.1) is 16.5 Å². The van der Waals surface area contributed by atoms with Crippen molar-refractivity contribution in [1.82, 2.24) is 9.55 Å². The molecule has 2 aromatic carbocycles. The van der Waals surface area contributed by atoms with Gasteiger partial charge in [0.15, 0.2) is 6.10 Å². The number of Topliss-reactive ketones (excluding diaryl/α,β-unsaturated/α-hetero) is 1. The molecule has 1 aliphatic heterocycles. The van der Waals surface area contributed by atoms with Crippen LogP contribution in [0.1, 0.15) is 45.4 Å². The highest BCUT2D eigenvalue weighted by Gasteiger charge is 2.22. The van der Waals surface area contributed by atoms with Crippen molar-refractivity contribution in [1.29, 1.82) is 0 Å². The number of carbonyl (C=O) groups is 2. The van der Waals surface area contributed by atoms with E-state index < -0.39 is 12.1 Å². The Kier molecular flexibility index (Phi) is 4.55. The lowest BCUT2D eigenvalue weighted by Crippen LogP contribution is -2.25. The van der Waals surface area contributed by atoms with Crippen molar-refractivity contribution in [2.24, 2.45) is 0 Å². The van der Waals surface area contributed by atoms with Gasteiger partial charge in [0.1, 0.15) is 5.82 Å². The molecule has 0 radical (unpaired) electrons. The molecule has 28 heavy (non-hydrogen) atoms. The van der Waals surface area contributed by atoms with Crippen LogP contribution in [0.25, 0.3) is 10.9 Å². The monoisotopic (exact) mass is 376 g/mol. The second-order valence-electron chi connectivity index (χ2n) is 7.10. The summed E-state index contributed by atoms with van der Waals surface area (Å²) < 4.78 is 7.04. The van der Waals surface area contributed by atoms with Gasteiger partial charge in [-0.05, 0) is 38.5 Å². The molecule has 0 bridgehead atoms. The van der Waals surface area contributed by atoms with Crippen molar-refractivity contribution in [2.75, 3.05) is 0 Å². The van der Waals surface area contributed by atoms with Crippen molar-refractivity contribution < 1.29 is 14.3 Å². The minimum atomic E-state index is -0.912. The summed E-state index contributed by atoms with van der Waals surface area (Å²) >= 11 is 0. The first-order valence-corrected chi connectivity index (χ1v) is 9.29. The lowest BCUT2D eigenvalue weighted by atomic mass is 10.1. The molecule has 0 N–H and O–H groups in total. The fourth-order valence-electron chi connectivity index (χ4n) is 3.45. The van der Waals surface area contributed by atoms with Gasteiger partial charge in [0.2, 0.25) is 5.78 Å². The van der Waals surface area contributed by atoms with Crippen LogP contribution in [0, 0.1) is 6.92 Å². The molecule has 4 rings (SSSR count). The second kappa shape index (κ2) is 7.03. The molecular formula is C22H20N2O4. The van der Waals surface area contributed by atoms with Gasteiger partial charge in [-0.1, -0.05) is 29.8 Å². The highest BCUT2D eigenvalue weighted by atomic mass is 16.5. The van der Waals surface area contributed by atoms with Crippen LogP contribution in [0.3, 0.4) is 0 Å². The van der Waals surface area contributed by atoms with E-state index >= 15 is 0 Å². The number of esters is 1. The Hall–Kier alpha value is -3.28. The Morgan fingerprint density at radius 3 is 2.57 bits per heavy atom. The highest BCUT2D eigenvalue weighted by molar-refractivity contribution is 6.02. The van der Waals surface area contributed by atoms with E-state index in [9.17, 15) is 14.4 Å². The van der Waals surface area contributed by atoms with Gasteiger partial charge in [0, 0.05) is 18.5 Å². The molecule has 1 aliphatic rings. The number of hydrogen-bond donors (Lipinski definition) is 0. The van der Waals surface area contributed by atoms with E-state index in [2.05, 4.69) is 4.98 Å². The molecule has 0 aliphatic carbocycles. The maximum absolute atomic E-state index is 12.5. The summed E-state index contributed by atoms with van der Waals surface area (Å²) in [7, 11) is 0. The van der Waals surface area contributed by atoms with Crippen LogP contribution in [-0.2, 0) is 17.7 Å². The SMILES string of the molecule is Cc1ccc(C(=O)[C@H](C)OC(=O)c2ccc3c(=O)n4c(nc3c2)CCC4)cc1. The first-order valence-electron chi connectivity index (χ1n) is 9.29. The molecule has 6 nitrogen and oxygen atoms in total. The van der Waals surface area contributed by atoms with Crippen LogP contribution in [0.2, 0.25) is 0 Å². The van der Waals surface area contributed by atoms with Crippen LogP contribution in [-0.4, -0.2) is 27.4 Å². The van der Waals surface area contributed by atoms with E-state index in [0.29, 0.717) is 23.0 Å². The van der Waals surface area contributed by atoms with Gasteiger partial charge >= 0.3 is 5.97 Å². The molecular weight excluding hydrogens is 356 g/mol. The number of nitrogens with zero attached hydrogens (tertiary/aromatic N) is 2. The van der Waals surface area contributed by atoms with E-state index in [4.69, 9.17) is 4.74 Å². The Morgan fingerprint density at radius 1 is 1.11 bits per heavy atom. The smallest absolute Gasteiger partial charge is 0.338 e. The Labute approximate surface area is 161 Å². The summed E-state index contributed by atoms with van der Waals surface area (Å²) in [5.41, 5.74) is 2.21. The lowest BCUT2D eigenvalue weighted by molar-refractivity contribution is 0.0319. The standard InChI is InChI=1S/C22H20N2O4/c1-13-5-7-15(8-6-13)20(25)14(2)28-22(27)16-9-10-17-18(12-16)23-19-4-3-11-24(19)21(17)26/h5-10,12,14H,3-4,11H2,1-2H3/t14-/m0/s1. The minimum Gasteiger partial charge on any atom is -0.451 e. The molecule has 0 spiro atoms. The normalized spacial score (nSPS) is 13.9. The average molecular weight is 376 g/mol. The van der Waals surface area contributed by atoms with Crippen LogP contribution >= 0.6 is 0 Å². The van der Waals surface area contributed by atoms with Crippen LogP contribution < -0.4 is 5.56 Å². The number of rotatable bonds is 4. The van der Waals surface area contributed by atoms with Crippen LogP contribution in [0.5, 0.6) is 0 Å². The molecule has 2 heterocycles. The van der Waals surface area contributed by atoms with Crippen molar-refractivity contribution in [3.8, 4) is 0 Å². The Morgan fingerprint density at radius 2 is 1.82 bits per heavy atom. The van der Waals surface area contributed by atoms with Crippen LogP contribution in [0.4, 0.5) is 0 Å². The van der Waals surface area contributed by atoms with Gasteiger partial charge < -0.3 is 4.74 Å². The zero-order chi connectivity index (χ0) is 19.8. The van der Waals surface area contributed by atoms with Gasteiger partial charge in [-0.2, -0.15) is 0 Å². The number of fused-ring (bicyclic) bond motifs is 2. The maximum atomic E-state index is 12.5. The summed E-state index contributed by atoms with van der Waals surface area (Å²) in [5.74, 6) is -0.133. The largest absolute Gasteiger partial charge is 0.451 e. The number of hydrogen-bond acceptors (Lipinski definition) is 5. The number of aromatic nitrogens is 2. The summed E-state index contributed by atoms with van der Waals surface area (Å²) in [6.45, 7) is 4.17. The Bertz CT molecular complexity index is 1150. The number of benzene rings is 2. The summed E-state index contributed by atoms with van der Waals surface area (Å²) in [5, 5.41) is 0.478. The zero-order valence-corrected chi connectivity index (χ0v) is 15.8. The second-order valence-corrected chi connectivity index (χ2v) is 7.10. The average Bonchev–Trinajstić information content (AvgIpc) is 3.16. The molecule has 0 unspecified atom stereocenters. The van der Waals surface area contributed by atoms with Crippen molar-refractivity contribution in [3.05, 3.63) is 75.3 Å². The lowest BCUT2D eigenvalue weighted by Gasteiger charge is -2.13. The van der Waals surface area contributed by atoms with E-state index in [1.54, 1.807) is 41.8 Å². The van der Waals surface area contributed by atoms with E-state index in [0.717, 1.165) is 24.2 Å².